The molecule has 0 heterocycles. The van der Waals surface area contributed by atoms with Crippen LogP contribution in [-0.4, -0.2) is 18.6 Å². The highest BCUT2D eigenvalue weighted by Gasteiger charge is 2.12. The number of hydrogen-bond donors (Lipinski definition) is 1. The van der Waals surface area contributed by atoms with Crippen LogP contribution in [0.2, 0.25) is 5.02 Å². The number of ether oxygens (including phenoxy) is 1. The van der Waals surface area contributed by atoms with E-state index in [1.165, 1.54) is 0 Å². The van der Waals surface area contributed by atoms with E-state index >= 15 is 0 Å². The normalized spacial score (nSPS) is 12.2. The molecule has 88 valence electrons. The topological polar surface area (TPSA) is 52.3 Å². The van der Waals surface area contributed by atoms with Crippen LogP contribution in [0, 0.1) is 0 Å². The van der Waals surface area contributed by atoms with Crippen LogP contribution in [0.4, 0.5) is 0 Å². The van der Waals surface area contributed by atoms with Crippen molar-refractivity contribution in [2.45, 2.75) is 25.8 Å². The van der Waals surface area contributed by atoms with Crippen molar-refractivity contribution in [3.05, 3.63) is 34.9 Å². The summed E-state index contributed by atoms with van der Waals surface area (Å²) >= 11 is 5.99. The molecule has 0 spiro atoms. The average Bonchev–Trinajstić information content (AvgIpc) is 2.21. The van der Waals surface area contributed by atoms with Gasteiger partial charge in [0.15, 0.2) is 0 Å². The Kier molecular flexibility index (Phi) is 5.29. The fourth-order valence-corrected chi connectivity index (χ4v) is 1.67. The van der Waals surface area contributed by atoms with Gasteiger partial charge < -0.3 is 10.5 Å². The Morgan fingerprint density at radius 1 is 1.50 bits per heavy atom. The fourth-order valence-electron chi connectivity index (χ4n) is 1.45. The van der Waals surface area contributed by atoms with Crippen molar-refractivity contribution in [3.8, 4) is 0 Å². The van der Waals surface area contributed by atoms with E-state index in [1.54, 1.807) is 6.92 Å². The Morgan fingerprint density at radius 3 is 2.81 bits per heavy atom. The number of rotatable bonds is 5. The van der Waals surface area contributed by atoms with Gasteiger partial charge in [-0.25, -0.2) is 0 Å². The lowest BCUT2D eigenvalue weighted by molar-refractivity contribution is -0.143. The Bertz CT molecular complexity index is 355. The predicted octanol–water partition coefficient (Wildman–Crippen LogP) is 2.16. The summed E-state index contributed by atoms with van der Waals surface area (Å²) in [6, 6.07) is 7.24. The summed E-state index contributed by atoms with van der Waals surface area (Å²) < 4.78 is 4.83. The van der Waals surface area contributed by atoms with Crippen molar-refractivity contribution in [2.24, 2.45) is 5.73 Å². The van der Waals surface area contributed by atoms with Crippen LogP contribution in [0.5, 0.6) is 0 Å². The molecular weight excluding hydrogens is 226 g/mol. The summed E-state index contributed by atoms with van der Waals surface area (Å²) in [5, 5.41) is 0.682. The van der Waals surface area contributed by atoms with E-state index in [0.717, 1.165) is 5.56 Å². The van der Waals surface area contributed by atoms with Crippen molar-refractivity contribution >= 4 is 17.6 Å². The molecule has 0 amide bonds. The van der Waals surface area contributed by atoms with Crippen LogP contribution < -0.4 is 5.73 Å². The first kappa shape index (κ1) is 13.0. The molecule has 1 unspecified atom stereocenters. The third-order valence-electron chi connectivity index (χ3n) is 2.17. The number of halogens is 1. The molecule has 16 heavy (non-hydrogen) atoms. The zero-order valence-corrected chi connectivity index (χ0v) is 10.0. The number of carbonyl (C=O) groups excluding carboxylic acids is 1. The van der Waals surface area contributed by atoms with E-state index in [0.29, 0.717) is 18.1 Å². The van der Waals surface area contributed by atoms with Crippen LogP contribution >= 0.6 is 11.6 Å². The fraction of sp³-hybridized carbons (Fsp3) is 0.417. The average molecular weight is 242 g/mol. The van der Waals surface area contributed by atoms with Crippen LogP contribution in [0.15, 0.2) is 24.3 Å². The number of benzene rings is 1. The lowest BCUT2D eigenvalue weighted by Crippen LogP contribution is -2.27. The van der Waals surface area contributed by atoms with Crippen LogP contribution in [0.25, 0.3) is 0 Å². The number of esters is 1. The maximum absolute atomic E-state index is 11.2. The van der Waals surface area contributed by atoms with Gasteiger partial charge >= 0.3 is 5.97 Å². The molecule has 0 saturated heterocycles. The van der Waals surface area contributed by atoms with Crippen LogP contribution in [0.3, 0.4) is 0 Å². The second-order valence-electron chi connectivity index (χ2n) is 3.56. The van der Waals surface area contributed by atoms with Gasteiger partial charge in [-0.2, -0.15) is 0 Å². The predicted molar refractivity (Wildman–Crippen MR) is 64.4 cm³/mol. The molecular formula is C12H16ClNO2. The number of hydrogen-bond acceptors (Lipinski definition) is 3. The highest BCUT2D eigenvalue weighted by atomic mass is 35.5. The van der Waals surface area contributed by atoms with E-state index < -0.39 is 0 Å². The Balaban J connectivity index is 2.48. The van der Waals surface area contributed by atoms with Crippen molar-refractivity contribution in [1.29, 1.82) is 0 Å². The minimum Gasteiger partial charge on any atom is -0.466 e. The van der Waals surface area contributed by atoms with Gasteiger partial charge in [0.2, 0.25) is 0 Å². The highest BCUT2D eigenvalue weighted by molar-refractivity contribution is 6.31. The SMILES string of the molecule is CCOC(=O)CC(N)Cc1ccccc1Cl. The molecule has 3 nitrogen and oxygen atoms in total. The van der Waals surface area contributed by atoms with Crippen LogP contribution in [-0.2, 0) is 16.0 Å². The van der Waals surface area contributed by atoms with Gasteiger partial charge in [0.05, 0.1) is 13.0 Å². The monoisotopic (exact) mass is 241 g/mol. The van der Waals surface area contributed by atoms with Gasteiger partial charge in [-0.05, 0) is 25.0 Å². The third kappa shape index (κ3) is 4.21. The van der Waals surface area contributed by atoms with Gasteiger partial charge in [-0.15, -0.1) is 0 Å². The van der Waals surface area contributed by atoms with Crippen molar-refractivity contribution in [3.63, 3.8) is 0 Å². The first-order chi connectivity index (χ1) is 7.63. The molecule has 1 atom stereocenters. The lowest BCUT2D eigenvalue weighted by atomic mass is 10.0. The number of carbonyl (C=O) groups is 1. The molecule has 1 aromatic rings. The van der Waals surface area contributed by atoms with Gasteiger partial charge in [0, 0.05) is 11.1 Å². The third-order valence-corrected chi connectivity index (χ3v) is 2.54. The minimum absolute atomic E-state index is 0.221. The Morgan fingerprint density at radius 2 is 2.19 bits per heavy atom. The van der Waals surface area contributed by atoms with Gasteiger partial charge in [0.25, 0.3) is 0 Å². The molecule has 0 aliphatic heterocycles. The quantitative estimate of drug-likeness (QED) is 0.804. The highest BCUT2D eigenvalue weighted by Crippen LogP contribution is 2.16. The zero-order chi connectivity index (χ0) is 12.0. The molecule has 0 aliphatic carbocycles. The van der Waals surface area contributed by atoms with Crippen molar-refractivity contribution in [1.82, 2.24) is 0 Å². The molecule has 0 fully saturated rings. The molecule has 0 radical (unpaired) electrons. The van der Waals surface area contributed by atoms with Gasteiger partial charge in [0.1, 0.15) is 0 Å². The molecule has 0 aromatic heterocycles. The first-order valence-electron chi connectivity index (χ1n) is 5.28. The standard InChI is InChI=1S/C12H16ClNO2/c1-2-16-12(15)8-10(14)7-9-5-3-4-6-11(9)13/h3-6,10H,2,7-8,14H2,1H3. The minimum atomic E-state index is -0.262. The molecule has 2 N–H and O–H groups in total. The summed E-state index contributed by atoms with van der Waals surface area (Å²) in [5.41, 5.74) is 6.81. The Hall–Kier alpha value is -1.06. The number of nitrogens with two attached hydrogens (primary N) is 1. The summed E-state index contributed by atoms with van der Waals surface area (Å²) in [5.74, 6) is -0.262. The van der Waals surface area contributed by atoms with Gasteiger partial charge in [-0.1, -0.05) is 29.8 Å². The molecule has 0 saturated carbocycles. The second-order valence-corrected chi connectivity index (χ2v) is 3.97. The smallest absolute Gasteiger partial charge is 0.307 e. The molecule has 1 aromatic carbocycles. The van der Waals surface area contributed by atoms with E-state index in [2.05, 4.69) is 0 Å². The van der Waals surface area contributed by atoms with Crippen molar-refractivity contribution < 1.29 is 9.53 Å². The second kappa shape index (κ2) is 6.51. The summed E-state index contributed by atoms with van der Waals surface area (Å²) in [4.78, 5) is 11.2. The summed E-state index contributed by atoms with van der Waals surface area (Å²) in [6.07, 6.45) is 0.803. The largest absolute Gasteiger partial charge is 0.466 e. The van der Waals surface area contributed by atoms with E-state index in [9.17, 15) is 4.79 Å². The maximum atomic E-state index is 11.2. The van der Waals surface area contributed by atoms with Crippen molar-refractivity contribution in [2.75, 3.05) is 6.61 Å². The molecule has 4 heteroatoms. The molecule has 0 bridgehead atoms. The summed E-state index contributed by atoms with van der Waals surface area (Å²) in [7, 11) is 0. The summed E-state index contributed by atoms with van der Waals surface area (Å²) in [6.45, 7) is 2.16. The molecule has 1 rings (SSSR count). The maximum Gasteiger partial charge on any atom is 0.307 e. The first-order valence-corrected chi connectivity index (χ1v) is 5.66. The zero-order valence-electron chi connectivity index (χ0n) is 9.28. The lowest BCUT2D eigenvalue weighted by Gasteiger charge is -2.11. The van der Waals surface area contributed by atoms with Crippen LogP contribution in [0.1, 0.15) is 18.9 Å². The van der Waals surface area contributed by atoms with Gasteiger partial charge in [-0.3, -0.25) is 4.79 Å². The van der Waals surface area contributed by atoms with E-state index in [1.807, 2.05) is 24.3 Å². The molecule has 0 aliphatic rings. The Labute approximate surface area is 101 Å². The van der Waals surface area contributed by atoms with E-state index in [4.69, 9.17) is 22.1 Å². The van der Waals surface area contributed by atoms with E-state index in [-0.39, 0.29) is 18.4 Å².